The molecule has 1 fully saturated rings. The van der Waals surface area contributed by atoms with Crippen molar-refractivity contribution >= 4 is 0 Å². The van der Waals surface area contributed by atoms with E-state index in [9.17, 15) is 5.11 Å². The second kappa shape index (κ2) is 6.07. The molecule has 3 nitrogen and oxygen atoms in total. The fraction of sp³-hybridized carbons (Fsp3) is 0.667. The van der Waals surface area contributed by atoms with Crippen molar-refractivity contribution in [1.82, 2.24) is 5.32 Å². The van der Waals surface area contributed by atoms with Gasteiger partial charge in [0.05, 0.1) is 12.6 Å². The number of ether oxygens (including phenoxy) is 1. The van der Waals surface area contributed by atoms with Crippen LogP contribution in [0.15, 0.2) is 18.2 Å². The zero-order valence-electron chi connectivity index (χ0n) is 14.0. The second-order valence-electron chi connectivity index (χ2n) is 6.82. The lowest BCUT2D eigenvalue weighted by molar-refractivity contribution is -0.263. The summed E-state index contributed by atoms with van der Waals surface area (Å²) in [6, 6.07) is 6.12. The van der Waals surface area contributed by atoms with Crippen molar-refractivity contribution in [3.8, 4) is 0 Å². The predicted molar refractivity (Wildman–Crippen MR) is 86.3 cm³/mol. The van der Waals surface area contributed by atoms with E-state index in [1.165, 1.54) is 11.1 Å². The molecule has 0 aliphatic carbocycles. The second-order valence-corrected chi connectivity index (χ2v) is 6.82. The Morgan fingerprint density at radius 3 is 2.57 bits per heavy atom. The third-order valence-electron chi connectivity index (χ3n) is 4.37. The van der Waals surface area contributed by atoms with Crippen molar-refractivity contribution in [3.63, 3.8) is 0 Å². The molecule has 1 aromatic rings. The van der Waals surface area contributed by atoms with Gasteiger partial charge in [-0.2, -0.15) is 0 Å². The molecule has 1 heterocycles. The van der Waals surface area contributed by atoms with Crippen LogP contribution in [0.2, 0.25) is 0 Å². The Balaban J connectivity index is 2.32. The molecule has 0 saturated carbocycles. The van der Waals surface area contributed by atoms with Crippen LogP contribution in [0, 0.1) is 0 Å². The number of aliphatic hydroxyl groups is 1. The van der Waals surface area contributed by atoms with Gasteiger partial charge in [-0.3, -0.25) is 0 Å². The fourth-order valence-corrected chi connectivity index (χ4v) is 3.17. The molecule has 1 aromatic carbocycles. The smallest absolute Gasteiger partial charge is 0.208 e. The number of rotatable bonds is 4. The van der Waals surface area contributed by atoms with E-state index in [1.54, 1.807) is 0 Å². The minimum atomic E-state index is -1.25. The molecule has 2 N–H and O–H groups in total. The Hall–Kier alpha value is -0.900. The maximum Gasteiger partial charge on any atom is 0.208 e. The zero-order chi connectivity index (χ0) is 15.7. The number of hydrogen-bond acceptors (Lipinski definition) is 3. The lowest BCUT2D eigenvalue weighted by atomic mass is 9.89. The van der Waals surface area contributed by atoms with Crippen LogP contribution >= 0.6 is 0 Å². The normalized spacial score (nSPS) is 28.6. The third kappa shape index (κ3) is 3.31. The molecule has 21 heavy (non-hydrogen) atoms. The zero-order valence-corrected chi connectivity index (χ0v) is 14.0. The molecule has 1 aliphatic heterocycles. The number of nitrogens with one attached hydrogen (secondary N) is 1. The van der Waals surface area contributed by atoms with Gasteiger partial charge in [0.2, 0.25) is 5.79 Å². The summed E-state index contributed by atoms with van der Waals surface area (Å²) in [5, 5.41) is 14.4. The summed E-state index contributed by atoms with van der Waals surface area (Å²) in [5.74, 6) is -1.25. The minimum Gasteiger partial charge on any atom is -0.361 e. The molecule has 2 atom stereocenters. The molecular formula is C18H29NO2. The molecule has 0 spiro atoms. The van der Waals surface area contributed by atoms with Crippen LogP contribution < -0.4 is 5.32 Å². The molecular weight excluding hydrogens is 262 g/mol. The Bertz CT molecular complexity index is 498. The van der Waals surface area contributed by atoms with Crippen LogP contribution in [0.5, 0.6) is 0 Å². The van der Waals surface area contributed by atoms with Crippen molar-refractivity contribution in [1.29, 1.82) is 0 Å². The Morgan fingerprint density at radius 2 is 2.00 bits per heavy atom. The standard InChI is InChI=1S/C18H29NO2/c1-6-8-15-9-10-16(11-14(15)7-2)18(20)13(3)19-17(4,5)12-21-18/h9-11,13,19-20H,6-8,12H2,1-5H3. The van der Waals surface area contributed by atoms with Gasteiger partial charge in [0.25, 0.3) is 0 Å². The quantitative estimate of drug-likeness (QED) is 0.895. The van der Waals surface area contributed by atoms with Crippen LogP contribution in [0.3, 0.4) is 0 Å². The van der Waals surface area contributed by atoms with Gasteiger partial charge in [-0.1, -0.05) is 38.5 Å². The molecule has 2 unspecified atom stereocenters. The summed E-state index contributed by atoms with van der Waals surface area (Å²) < 4.78 is 5.87. The summed E-state index contributed by atoms with van der Waals surface area (Å²) in [6.45, 7) is 11.0. The minimum absolute atomic E-state index is 0.110. The molecule has 0 amide bonds. The van der Waals surface area contributed by atoms with Crippen LogP contribution in [0.4, 0.5) is 0 Å². The van der Waals surface area contributed by atoms with E-state index in [2.05, 4.69) is 45.1 Å². The maximum atomic E-state index is 11.0. The average molecular weight is 291 g/mol. The molecule has 2 rings (SSSR count). The molecule has 1 aliphatic rings. The summed E-state index contributed by atoms with van der Waals surface area (Å²) in [7, 11) is 0. The van der Waals surface area contributed by atoms with E-state index < -0.39 is 5.79 Å². The maximum absolute atomic E-state index is 11.0. The highest BCUT2D eigenvalue weighted by Gasteiger charge is 2.44. The van der Waals surface area contributed by atoms with E-state index in [0.717, 1.165) is 24.8 Å². The largest absolute Gasteiger partial charge is 0.361 e. The molecule has 3 heteroatoms. The highest BCUT2D eigenvalue weighted by Crippen LogP contribution is 2.33. The summed E-state index contributed by atoms with van der Waals surface area (Å²) in [6.07, 6.45) is 3.20. The lowest BCUT2D eigenvalue weighted by Gasteiger charge is -2.46. The van der Waals surface area contributed by atoms with E-state index >= 15 is 0 Å². The summed E-state index contributed by atoms with van der Waals surface area (Å²) in [4.78, 5) is 0. The van der Waals surface area contributed by atoms with Crippen molar-refractivity contribution in [2.75, 3.05) is 6.61 Å². The van der Waals surface area contributed by atoms with Crippen molar-refractivity contribution < 1.29 is 9.84 Å². The Kier molecular flexibility index (Phi) is 4.76. The highest BCUT2D eigenvalue weighted by atomic mass is 16.6. The first-order valence-electron chi connectivity index (χ1n) is 8.08. The Morgan fingerprint density at radius 1 is 1.29 bits per heavy atom. The van der Waals surface area contributed by atoms with E-state index in [0.29, 0.717) is 6.61 Å². The van der Waals surface area contributed by atoms with Crippen LogP contribution in [-0.4, -0.2) is 23.3 Å². The summed E-state index contributed by atoms with van der Waals surface area (Å²) in [5.41, 5.74) is 3.43. The van der Waals surface area contributed by atoms with Gasteiger partial charge in [-0.15, -0.1) is 0 Å². The van der Waals surface area contributed by atoms with Gasteiger partial charge in [0.15, 0.2) is 0 Å². The van der Waals surface area contributed by atoms with Gasteiger partial charge < -0.3 is 15.2 Å². The molecule has 0 aromatic heterocycles. The monoisotopic (exact) mass is 291 g/mol. The van der Waals surface area contributed by atoms with Gasteiger partial charge >= 0.3 is 0 Å². The predicted octanol–water partition coefficient (Wildman–Crippen LogP) is 3.13. The van der Waals surface area contributed by atoms with Crippen molar-refractivity contribution in [2.45, 2.75) is 71.2 Å². The van der Waals surface area contributed by atoms with Crippen LogP contribution in [0.1, 0.15) is 57.7 Å². The first-order chi connectivity index (χ1) is 9.82. The summed E-state index contributed by atoms with van der Waals surface area (Å²) >= 11 is 0. The first kappa shape index (κ1) is 16.5. The van der Waals surface area contributed by atoms with Crippen molar-refractivity contribution in [3.05, 3.63) is 34.9 Å². The highest BCUT2D eigenvalue weighted by molar-refractivity contribution is 5.35. The van der Waals surface area contributed by atoms with E-state index in [1.807, 2.05) is 13.0 Å². The average Bonchev–Trinajstić information content (AvgIpc) is 2.44. The molecule has 0 bridgehead atoms. The molecule has 118 valence electrons. The molecule has 0 radical (unpaired) electrons. The lowest BCUT2D eigenvalue weighted by Crippen LogP contribution is -2.63. The van der Waals surface area contributed by atoms with Gasteiger partial charge in [-0.05, 0) is 44.7 Å². The van der Waals surface area contributed by atoms with Crippen molar-refractivity contribution in [2.24, 2.45) is 0 Å². The number of hydrogen-bond donors (Lipinski definition) is 2. The SMILES string of the molecule is CCCc1ccc(C2(O)OCC(C)(C)NC2C)cc1CC. The third-order valence-corrected chi connectivity index (χ3v) is 4.37. The van der Waals surface area contributed by atoms with E-state index in [4.69, 9.17) is 4.74 Å². The van der Waals surface area contributed by atoms with Crippen LogP contribution in [-0.2, 0) is 23.4 Å². The van der Waals surface area contributed by atoms with Crippen LogP contribution in [0.25, 0.3) is 0 Å². The molecule has 1 saturated heterocycles. The van der Waals surface area contributed by atoms with E-state index in [-0.39, 0.29) is 11.6 Å². The van der Waals surface area contributed by atoms with Gasteiger partial charge in [0, 0.05) is 11.1 Å². The first-order valence-corrected chi connectivity index (χ1v) is 8.08. The fourth-order valence-electron chi connectivity index (χ4n) is 3.17. The number of benzene rings is 1. The number of morpholine rings is 1. The topological polar surface area (TPSA) is 41.5 Å². The number of aryl methyl sites for hydroxylation is 2. The Labute approximate surface area is 128 Å². The van der Waals surface area contributed by atoms with Gasteiger partial charge in [0.1, 0.15) is 0 Å². The van der Waals surface area contributed by atoms with Gasteiger partial charge in [-0.25, -0.2) is 0 Å².